The molecule has 0 fully saturated rings. The molecule has 0 heterocycles. The van der Waals surface area contributed by atoms with Gasteiger partial charge in [-0.15, -0.1) is 0 Å². The van der Waals surface area contributed by atoms with Gasteiger partial charge in [-0.3, -0.25) is 0 Å². The summed E-state index contributed by atoms with van der Waals surface area (Å²) in [5, 5.41) is 7.09. The molecule has 0 saturated heterocycles. The SMILES string of the molecule is O=C(NN=C(c1ccc(Br)cc1)c1ccc(Br)cc1)Nc1ccccc1. The van der Waals surface area contributed by atoms with Crippen molar-refractivity contribution in [2.45, 2.75) is 0 Å². The average Bonchev–Trinajstić information content (AvgIpc) is 2.65. The van der Waals surface area contributed by atoms with Gasteiger partial charge in [-0.05, 0) is 36.4 Å². The third kappa shape index (κ3) is 5.03. The molecule has 0 aliphatic carbocycles. The minimum absolute atomic E-state index is 0.400. The normalized spacial score (nSPS) is 10.1. The maximum absolute atomic E-state index is 12.1. The Morgan fingerprint density at radius 2 is 1.23 bits per heavy atom. The third-order valence-electron chi connectivity index (χ3n) is 3.54. The number of hydrazone groups is 1. The molecule has 0 aromatic heterocycles. The lowest BCUT2D eigenvalue weighted by Crippen LogP contribution is -2.26. The molecule has 0 spiro atoms. The van der Waals surface area contributed by atoms with Crippen molar-refractivity contribution in [1.29, 1.82) is 0 Å². The Labute approximate surface area is 168 Å². The van der Waals surface area contributed by atoms with Crippen molar-refractivity contribution in [2.75, 3.05) is 5.32 Å². The highest BCUT2D eigenvalue weighted by atomic mass is 79.9. The first kappa shape index (κ1) is 18.4. The lowest BCUT2D eigenvalue weighted by molar-refractivity contribution is 0.252. The largest absolute Gasteiger partial charge is 0.339 e. The van der Waals surface area contributed by atoms with Gasteiger partial charge < -0.3 is 5.32 Å². The number of urea groups is 1. The molecule has 2 N–H and O–H groups in total. The standard InChI is InChI=1S/C20H15Br2N3O/c21-16-10-6-14(7-11-16)19(15-8-12-17(22)13-9-15)24-25-20(26)23-18-4-2-1-3-5-18/h1-13H,(H2,23,25,26). The fourth-order valence-electron chi connectivity index (χ4n) is 2.30. The van der Waals surface area contributed by atoms with Crippen LogP contribution in [0.1, 0.15) is 11.1 Å². The van der Waals surface area contributed by atoms with Gasteiger partial charge in [-0.25, -0.2) is 10.2 Å². The van der Waals surface area contributed by atoms with E-state index in [0.717, 1.165) is 20.1 Å². The second-order valence-electron chi connectivity index (χ2n) is 5.41. The number of hydrogen-bond acceptors (Lipinski definition) is 2. The maximum atomic E-state index is 12.1. The summed E-state index contributed by atoms with van der Waals surface area (Å²) in [6, 6.07) is 24.4. The number of amides is 2. The molecule has 0 aliphatic rings. The molecule has 0 aliphatic heterocycles. The smallest absolute Gasteiger partial charge is 0.307 e. The molecule has 2 amide bonds. The highest BCUT2D eigenvalue weighted by Crippen LogP contribution is 2.17. The van der Waals surface area contributed by atoms with Crippen LogP contribution in [0.2, 0.25) is 0 Å². The lowest BCUT2D eigenvalue weighted by atomic mass is 10.0. The van der Waals surface area contributed by atoms with E-state index in [1.807, 2.05) is 78.9 Å². The van der Waals surface area contributed by atoms with Crippen LogP contribution < -0.4 is 10.7 Å². The Morgan fingerprint density at radius 1 is 0.731 bits per heavy atom. The van der Waals surface area contributed by atoms with E-state index in [1.165, 1.54) is 0 Å². The number of nitrogens with one attached hydrogen (secondary N) is 2. The van der Waals surface area contributed by atoms with Crippen LogP contribution in [0.5, 0.6) is 0 Å². The summed E-state index contributed by atoms with van der Waals surface area (Å²) in [5.41, 5.74) is 5.75. The monoisotopic (exact) mass is 471 g/mol. The van der Waals surface area contributed by atoms with E-state index in [0.29, 0.717) is 11.4 Å². The van der Waals surface area contributed by atoms with Gasteiger partial charge in [-0.1, -0.05) is 74.3 Å². The molecule has 3 aromatic carbocycles. The molecule has 0 saturated carbocycles. The number of rotatable bonds is 4. The number of carbonyl (C=O) groups excluding carboxylic acids is 1. The molecule has 4 nitrogen and oxygen atoms in total. The summed E-state index contributed by atoms with van der Waals surface area (Å²) in [4.78, 5) is 12.1. The van der Waals surface area contributed by atoms with E-state index in [-0.39, 0.29) is 0 Å². The summed E-state index contributed by atoms with van der Waals surface area (Å²) in [6.07, 6.45) is 0. The predicted molar refractivity (Wildman–Crippen MR) is 113 cm³/mol. The topological polar surface area (TPSA) is 53.5 Å². The van der Waals surface area contributed by atoms with Crippen molar-refractivity contribution in [3.63, 3.8) is 0 Å². The number of para-hydroxylation sites is 1. The highest BCUT2D eigenvalue weighted by Gasteiger charge is 2.09. The first-order valence-corrected chi connectivity index (χ1v) is 9.42. The van der Waals surface area contributed by atoms with Crippen molar-refractivity contribution >= 4 is 49.3 Å². The van der Waals surface area contributed by atoms with Gasteiger partial charge in [0.05, 0.1) is 5.71 Å². The molecule has 0 unspecified atom stereocenters. The summed E-state index contributed by atoms with van der Waals surface area (Å²) in [7, 11) is 0. The molecule has 3 rings (SSSR count). The zero-order chi connectivity index (χ0) is 18.4. The zero-order valence-corrected chi connectivity index (χ0v) is 16.8. The van der Waals surface area contributed by atoms with E-state index in [4.69, 9.17) is 0 Å². The Kier molecular flexibility index (Phi) is 6.20. The molecular weight excluding hydrogens is 458 g/mol. The fraction of sp³-hybridized carbons (Fsp3) is 0. The van der Waals surface area contributed by atoms with Crippen molar-refractivity contribution in [3.05, 3.63) is 98.9 Å². The van der Waals surface area contributed by atoms with Crippen LogP contribution in [0.4, 0.5) is 10.5 Å². The van der Waals surface area contributed by atoms with Gasteiger partial charge in [0.1, 0.15) is 0 Å². The van der Waals surface area contributed by atoms with E-state index in [9.17, 15) is 4.79 Å². The van der Waals surface area contributed by atoms with Crippen LogP contribution in [-0.4, -0.2) is 11.7 Å². The van der Waals surface area contributed by atoms with Crippen LogP contribution in [0, 0.1) is 0 Å². The second kappa shape index (κ2) is 8.78. The van der Waals surface area contributed by atoms with Crippen LogP contribution >= 0.6 is 31.9 Å². The average molecular weight is 473 g/mol. The molecule has 3 aromatic rings. The molecule has 0 bridgehead atoms. The molecule has 130 valence electrons. The summed E-state index contributed by atoms with van der Waals surface area (Å²) < 4.78 is 1.96. The number of carbonyl (C=O) groups is 1. The fourth-order valence-corrected chi connectivity index (χ4v) is 2.83. The highest BCUT2D eigenvalue weighted by molar-refractivity contribution is 9.10. The van der Waals surface area contributed by atoms with Gasteiger partial charge >= 0.3 is 6.03 Å². The number of hydrogen-bond donors (Lipinski definition) is 2. The van der Waals surface area contributed by atoms with Crippen molar-refractivity contribution < 1.29 is 4.79 Å². The Hall–Kier alpha value is -2.44. The maximum Gasteiger partial charge on any atom is 0.339 e. The summed E-state index contributed by atoms with van der Waals surface area (Å²) in [5.74, 6) is 0. The lowest BCUT2D eigenvalue weighted by Gasteiger charge is -2.09. The van der Waals surface area contributed by atoms with Gasteiger partial charge in [0, 0.05) is 25.8 Å². The van der Waals surface area contributed by atoms with Crippen molar-refractivity contribution in [1.82, 2.24) is 5.43 Å². The van der Waals surface area contributed by atoms with Gasteiger partial charge in [0.25, 0.3) is 0 Å². The van der Waals surface area contributed by atoms with E-state index >= 15 is 0 Å². The summed E-state index contributed by atoms with van der Waals surface area (Å²) >= 11 is 6.87. The van der Waals surface area contributed by atoms with Crippen LogP contribution in [0.3, 0.4) is 0 Å². The number of benzene rings is 3. The Balaban J connectivity index is 1.85. The quantitative estimate of drug-likeness (QED) is 0.366. The molecule has 6 heteroatoms. The molecule has 0 radical (unpaired) electrons. The number of anilines is 1. The van der Waals surface area contributed by atoms with Crippen molar-refractivity contribution in [3.8, 4) is 0 Å². The minimum Gasteiger partial charge on any atom is -0.307 e. The van der Waals surface area contributed by atoms with Crippen LogP contribution in [0.25, 0.3) is 0 Å². The third-order valence-corrected chi connectivity index (χ3v) is 4.59. The zero-order valence-electron chi connectivity index (χ0n) is 13.6. The molecule has 26 heavy (non-hydrogen) atoms. The predicted octanol–water partition coefficient (Wildman–Crippen LogP) is 5.79. The number of nitrogens with zero attached hydrogens (tertiary/aromatic N) is 1. The summed E-state index contributed by atoms with van der Waals surface area (Å²) in [6.45, 7) is 0. The van der Waals surface area contributed by atoms with E-state index in [1.54, 1.807) is 0 Å². The van der Waals surface area contributed by atoms with E-state index < -0.39 is 6.03 Å². The van der Waals surface area contributed by atoms with Crippen molar-refractivity contribution in [2.24, 2.45) is 5.10 Å². The minimum atomic E-state index is -0.400. The molecule has 0 atom stereocenters. The van der Waals surface area contributed by atoms with Gasteiger partial charge in [0.2, 0.25) is 0 Å². The first-order valence-electron chi connectivity index (χ1n) is 7.83. The first-order chi connectivity index (χ1) is 12.6. The van der Waals surface area contributed by atoms with Gasteiger partial charge in [-0.2, -0.15) is 5.10 Å². The molecular formula is C20H15Br2N3O. The van der Waals surface area contributed by atoms with E-state index in [2.05, 4.69) is 47.7 Å². The number of halogens is 2. The second-order valence-corrected chi connectivity index (χ2v) is 7.24. The Bertz CT molecular complexity index is 861. The Morgan fingerprint density at radius 3 is 1.73 bits per heavy atom. The van der Waals surface area contributed by atoms with Crippen LogP contribution in [-0.2, 0) is 0 Å². The van der Waals surface area contributed by atoms with Gasteiger partial charge in [0.15, 0.2) is 0 Å². The van der Waals surface area contributed by atoms with Crippen LogP contribution in [0.15, 0.2) is 92.9 Å².